The Labute approximate surface area is 215 Å². The first-order valence-electron chi connectivity index (χ1n) is 12.3. The minimum absolute atomic E-state index is 0.0998. The maximum Gasteiger partial charge on any atom is 0.410 e. The van der Waals surface area contributed by atoms with Crippen LogP contribution in [0.4, 0.5) is 10.5 Å². The molecule has 2 N–H and O–H groups in total. The van der Waals surface area contributed by atoms with Gasteiger partial charge in [-0.2, -0.15) is 0 Å². The number of nitrogens with one attached hydrogen (secondary N) is 2. The second kappa shape index (κ2) is 9.24. The maximum absolute atomic E-state index is 12.7. The smallest absolute Gasteiger partial charge is 0.410 e. The highest BCUT2D eigenvalue weighted by Crippen LogP contribution is 2.38. The van der Waals surface area contributed by atoms with Crippen LogP contribution < -0.4 is 5.32 Å². The van der Waals surface area contributed by atoms with Gasteiger partial charge in [0.1, 0.15) is 5.60 Å². The van der Waals surface area contributed by atoms with Gasteiger partial charge in [0.25, 0.3) is 5.91 Å². The number of rotatable bonds is 3. The van der Waals surface area contributed by atoms with Crippen LogP contribution in [0.5, 0.6) is 0 Å². The van der Waals surface area contributed by atoms with E-state index in [1.54, 1.807) is 16.2 Å². The highest BCUT2D eigenvalue weighted by atomic mass is 32.1. The van der Waals surface area contributed by atoms with Gasteiger partial charge in [0.05, 0.1) is 16.3 Å². The fourth-order valence-corrected chi connectivity index (χ4v) is 5.77. The molecule has 1 aromatic carbocycles. The number of H-pyrrole nitrogens is 1. The predicted octanol–water partition coefficient (Wildman–Crippen LogP) is 6.36. The average molecular weight is 505 g/mol. The summed E-state index contributed by atoms with van der Waals surface area (Å²) >= 11 is 1.63. The van der Waals surface area contributed by atoms with E-state index in [1.165, 1.54) is 0 Å². The molecule has 0 spiro atoms. The molecule has 0 radical (unpaired) electrons. The monoisotopic (exact) mass is 504 g/mol. The van der Waals surface area contributed by atoms with Gasteiger partial charge < -0.3 is 19.9 Å². The SMILES string of the molecule is Cc1cc(C)c(C=C2C(=O)Nc3ccc(-c4csc(C5CCCN(C(=O)OC(C)(C)C)C5)n4)cc32)[nH]1. The van der Waals surface area contributed by atoms with Crippen molar-refractivity contribution in [3.05, 3.63) is 57.2 Å². The van der Waals surface area contributed by atoms with Crippen LogP contribution in [-0.4, -0.2) is 45.6 Å². The van der Waals surface area contributed by atoms with Gasteiger partial charge in [-0.3, -0.25) is 4.79 Å². The number of piperidine rings is 1. The van der Waals surface area contributed by atoms with Crippen LogP contribution >= 0.6 is 11.3 Å². The summed E-state index contributed by atoms with van der Waals surface area (Å²) in [7, 11) is 0. The summed E-state index contributed by atoms with van der Waals surface area (Å²) in [5.41, 5.74) is 6.80. The van der Waals surface area contributed by atoms with Crippen LogP contribution in [0.15, 0.2) is 29.6 Å². The number of aromatic amines is 1. The number of carbonyl (C=O) groups excluding carboxylic acids is 2. The Morgan fingerprint density at radius 1 is 1.25 bits per heavy atom. The molecule has 1 atom stereocenters. The van der Waals surface area contributed by atoms with E-state index in [0.29, 0.717) is 18.7 Å². The number of nitrogens with zero attached hydrogens (tertiary/aromatic N) is 2. The Hall–Kier alpha value is -3.39. The van der Waals surface area contributed by atoms with E-state index in [4.69, 9.17) is 9.72 Å². The first kappa shape index (κ1) is 24.3. The molecule has 2 aromatic heterocycles. The Balaban J connectivity index is 1.38. The molecule has 1 unspecified atom stereocenters. The van der Waals surface area contributed by atoms with Crippen LogP contribution in [0.2, 0.25) is 0 Å². The Bertz CT molecular complexity index is 1360. The molecule has 36 heavy (non-hydrogen) atoms. The minimum atomic E-state index is -0.506. The van der Waals surface area contributed by atoms with Crippen molar-refractivity contribution in [2.24, 2.45) is 0 Å². The van der Waals surface area contributed by atoms with Crippen molar-refractivity contribution in [3.8, 4) is 11.3 Å². The number of ether oxygens (including phenoxy) is 1. The predicted molar refractivity (Wildman–Crippen MR) is 144 cm³/mol. The second-order valence-electron chi connectivity index (χ2n) is 10.7. The molecule has 3 aromatic rings. The minimum Gasteiger partial charge on any atom is -0.444 e. The third-order valence-corrected chi connectivity index (χ3v) is 7.53. The number of likely N-dealkylation sites (tertiary alicyclic amines) is 1. The fraction of sp³-hybridized carbons (Fsp3) is 0.393. The summed E-state index contributed by atoms with van der Waals surface area (Å²) < 4.78 is 5.58. The fourth-order valence-electron chi connectivity index (χ4n) is 4.81. The summed E-state index contributed by atoms with van der Waals surface area (Å²) in [5, 5.41) is 6.07. The highest BCUT2D eigenvalue weighted by molar-refractivity contribution is 7.10. The molecule has 8 heteroatoms. The van der Waals surface area contributed by atoms with Crippen molar-refractivity contribution >= 4 is 40.7 Å². The number of aromatic nitrogens is 2. The van der Waals surface area contributed by atoms with Gasteiger partial charge in [0.2, 0.25) is 0 Å². The normalized spacial score (nSPS) is 18.9. The summed E-state index contributed by atoms with van der Waals surface area (Å²) in [6.07, 6.45) is 3.59. The summed E-state index contributed by atoms with van der Waals surface area (Å²) in [5.74, 6) is 0.0921. The Morgan fingerprint density at radius 2 is 2.06 bits per heavy atom. The van der Waals surface area contributed by atoms with Crippen LogP contribution in [0.3, 0.4) is 0 Å². The van der Waals surface area contributed by atoms with E-state index in [2.05, 4.69) is 21.7 Å². The molecule has 2 aliphatic rings. The average Bonchev–Trinajstić information content (AvgIpc) is 3.50. The van der Waals surface area contributed by atoms with Crippen LogP contribution in [-0.2, 0) is 9.53 Å². The highest BCUT2D eigenvalue weighted by Gasteiger charge is 2.30. The zero-order valence-corrected chi connectivity index (χ0v) is 22.2. The van der Waals surface area contributed by atoms with E-state index in [-0.39, 0.29) is 17.9 Å². The lowest BCUT2D eigenvalue weighted by Crippen LogP contribution is -2.42. The second-order valence-corrected chi connectivity index (χ2v) is 11.5. The molecule has 0 aliphatic carbocycles. The van der Waals surface area contributed by atoms with E-state index >= 15 is 0 Å². The molecule has 1 saturated heterocycles. The number of carbonyl (C=O) groups is 2. The maximum atomic E-state index is 12.7. The number of aryl methyl sites for hydroxylation is 2. The van der Waals surface area contributed by atoms with Gasteiger partial charge in [-0.1, -0.05) is 6.07 Å². The first-order valence-corrected chi connectivity index (χ1v) is 13.2. The largest absolute Gasteiger partial charge is 0.444 e. The van der Waals surface area contributed by atoms with E-state index in [0.717, 1.165) is 57.3 Å². The zero-order chi connectivity index (χ0) is 25.6. The molecule has 4 heterocycles. The molecule has 188 valence electrons. The van der Waals surface area contributed by atoms with Gasteiger partial charge in [0.15, 0.2) is 0 Å². The van der Waals surface area contributed by atoms with Gasteiger partial charge in [0, 0.05) is 52.6 Å². The molecule has 0 bridgehead atoms. The van der Waals surface area contributed by atoms with E-state index in [1.807, 2.05) is 58.9 Å². The number of amides is 2. The summed E-state index contributed by atoms with van der Waals surface area (Å²) in [6, 6.07) is 8.05. The lowest BCUT2D eigenvalue weighted by molar-refractivity contribution is -0.110. The molecular weight excluding hydrogens is 472 g/mol. The number of fused-ring (bicyclic) bond motifs is 1. The number of benzene rings is 1. The number of anilines is 1. The van der Waals surface area contributed by atoms with Crippen molar-refractivity contribution in [2.45, 2.75) is 59.0 Å². The third-order valence-electron chi connectivity index (χ3n) is 6.52. The van der Waals surface area contributed by atoms with E-state index in [9.17, 15) is 9.59 Å². The lowest BCUT2D eigenvalue weighted by Gasteiger charge is -2.33. The van der Waals surface area contributed by atoms with Gasteiger partial charge in [-0.25, -0.2) is 9.78 Å². The molecule has 2 aliphatic heterocycles. The lowest BCUT2D eigenvalue weighted by atomic mass is 9.99. The van der Waals surface area contributed by atoms with Crippen molar-refractivity contribution < 1.29 is 14.3 Å². The molecule has 0 saturated carbocycles. The zero-order valence-electron chi connectivity index (χ0n) is 21.4. The molecule has 1 fully saturated rings. The van der Waals surface area contributed by atoms with Gasteiger partial charge in [-0.15, -0.1) is 11.3 Å². The molecule has 2 amide bonds. The van der Waals surface area contributed by atoms with Crippen LogP contribution in [0, 0.1) is 13.8 Å². The van der Waals surface area contributed by atoms with Crippen molar-refractivity contribution in [3.63, 3.8) is 0 Å². The van der Waals surface area contributed by atoms with Crippen LogP contribution in [0.25, 0.3) is 22.9 Å². The molecule has 5 rings (SSSR count). The van der Waals surface area contributed by atoms with Crippen LogP contribution in [0.1, 0.15) is 67.1 Å². The summed E-state index contributed by atoms with van der Waals surface area (Å²) in [4.78, 5) is 35.4. The van der Waals surface area contributed by atoms with Crippen molar-refractivity contribution in [2.75, 3.05) is 18.4 Å². The van der Waals surface area contributed by atoms with Crippen molar-refractivity contribution in [1.82, 2.24) is 14.9 Å². The Morgan fingerprint density at radius 3 is 2.78 bits per heavy atom. The van der Waals surface area contributed by atoms with Gasteiger partial charge in [-0.05, 0) is 77.3 Å². The first-order chi connectivity index (χ1) is 17.1. The molecular formula is C28H32N4O3S. The van der Waals surface area contributed by atoms with Crippen molar-refractivity contribution in [1.29, 1.82) is 0 Å². The summed E-state index contributed by atoms with van der Waals surface area (Å²) in [6.45, 7) is 11.0. The Kier molecular flexibility index (Phi) is 6.24. The topological polar surface area (TPSA) is 87.3 Å². The quantitative estimate of drug-likeness (QED) is 0.406. The molecule has 7 nitrogen and oxygen atoms in total. The standard InChI is InChI=1S/C28H32N4O3S/c1-16-11-17(2)29-23(16)13-21-20-12-18(8-9-22(20)30-25(21)33)24-15-36-26(31-24)19-7-6-10-32(14-19)27(34)35-28(3,4)5/h8-9,11-13,15,19,29H,6-7,10,14H2,1-5H3,(H,30,33). The number of hydrogen-bond donors (Lipinski definition) is 2. The number of hydrogen-bond acceptors (Lipinski definition) is 5. The van der Waals surface area contributed by atoms with Gasteiger partial charge >= 0.3 is 6.09 Å². The van der Waals surface area contributed by atoms with E-state index < -0.39 is 5.60 Å². The number of thiazole rings is 1. The third kappa shape index (κ3) is 4.95.